The van der Waals surface area contributed by atoms with E-state index in [1.165, 1.54) is 0 Å². The fraction of sp³-hybridized carbons (Fsp3) is 1.00. The van der Waals surface area contributed by atoms with Gasteiger partial charge in [0, 0.05) is 15.8 Å². The standard InChI is InChI=1S/C12H32O4Si3/c1-8-9-11(17)12(10-13,15-18(2,3)4)14-16-19(5,6)7/h11,13H,8-10H2,1-7,17H3. The second-order valence-electron chi connectivity index (χ2n) is 7.15. The Balaban J connectivity index is 5.06. The third-order valence-corrected chi connectivity index (χ3v) is 5.60. The van der Waals surface area contributed by atoms with E-state index in [1.807, 2.05) is 0 Å². The van der Waals surface area contributed by atoms with E-state index in [1.54, 1.807) is 0 Å². The lowest BCUT2D eigenvalue weighted by atomic mass is 10.1. The van der Waals surface area contributed by atoms with Gasteiger partial charge in [-0.15, -0.1) is 0 Å². The average Bonchev–Trinajstić information content (AvgIpc) is 2.22. The number of hydrogen-bond donors (Lipinski definition) is 1. The van der Waals surface area contributed by atoms with Gasteiger partial charge in [-0.1, -0.05) is 13.3 Å². The van der Waals surface area contributed by atoms with Crippen molar-refractivity contribution in [1.29, 1.82) is 0 Å². The first kappa shape index (κ1) is 19.5. The van der Waals surface area contributed by atoms with Crippen LogP contribution in [0.25, 0.3) is 0 Å². The third-order valence-electron chi connectivity index (χ3n) is 2.60. The second-order valence-corrected chi connectivity index (χ2v) is 17.4. The molecule has 4 nitrogen and oxygen atoms in total. The molecule has 0 saturated carbocycles. The van der Waals surface area contributed by atoms with Gasteiger partial charge in [0.15, 0.2) is 8.32 Å². The highest BCUT2D eigenvalue weighted by molar-refractivity contribution is 6.70. The summed E-state index contributed by atoms with van der Waals surface area (Å²) in [6.07, 6.45) is 2.05. The van der Waals surface area contributed by atoms with E-state index in [-0.39, 0.29) is 12.1 Å². The van der Waals surface area contributed by atoms with Crippen LogP contribution in [0.2, 0.25) is 44.8 Å². The summed E-state index contributed by atoms with van der Waals surface area (Å²) in [6, 6.07) is 0. The van der Waals surface area contributed by atoms with Crippen molar-refractivity contribution in [3.63, 3.8) is 0 Å². The molecular weight excluding hydrogens is 292 g/mol. The maximum atomic E-state index is 9.86. The lowest BCUT2D eigenvalue weighted by molar-refractivity contribution is -0.376. The average molecular weight is 325 g/mol. The molecule has 0 aliphatic carbocycles. The quantitative estimate of drug-likeness (QED) is 0.306. The second kappa shape index (κ2) is 7.49. The van der Waals surface area contributed by atoms with E-state index in [9.17, 15) is 5.11 Å². The van der Waals surface area contributed by atoms with Crippen molar-refractivity contribution >= 4 is 26.9 Å². The van der Waals surface area contributed by atoms with E-state index in [2.05, 4.69) is 46.2 Å². The van der Waals surface area contributed by atoms with Gasteiger partial charge in [-0.3, -0.25) is 4.58 Å². The Morgan fingerprint density at radius 1 is 1.11 bits per heavy atom. The molecule has 0 spiro atoms. The summed E-state index contributed by atoms with van der Waals surface area (Å²) in [5, 5.41) is 9.86. The van der Waals surface area contributed by atoms with Crippen LogP contribution in [0.3, 0.4) is 0 Å². The van der Waals surface area contributed by atoms with Crippen molar-refractivity contribution in [3.05, 3.63) is 0 Å². The number of aliphatic hydroxyl groups is 1. The lowest BCUT2D eigenvalue weighted by Crippen LogP contribution is -2.52. The molecule has 0 rings (SSSR count). The molecule has 0 heterocycles. The molecule has 0 aromatic carbocycles. The summed E-state index contributed by atoms with van der Waals surface area (Å²) in [4.78, 5) is 5.69. The molecule has 0 amide bonds. The van der Waals surface area contributed by atoms with E-state index in [4.69, 9.17) is 13.9 Å². The molecule has 2 unspecified atom stereocenters. The van der Waals surface area contributed by atoms with Crippen LogP contribution in [0.4, 0.5) is 0 Å². The molecule has 0 aromatic heterocycles. The van der Waals surface area contributed by atoms with E-state index in [0.717, 1.165) is 23.1 Å². The van der Waals surface area contributed by atoms with Gasteiger partial charge in [0.2, 0.25) is 14.1 Å². The van der Waals surface area contributed by atoms with E-state index >= 15 is 0 Å². The van der Waals surface area contributed by atoms with Crippen molar-refractivity contribution in [3.8, 4) is 0 Å². The zero-order valence-electron chi connectivity index (χ0n) is 13.9. The molecule has 0 bridgehead atoms. The van der Waals surface area contributed by atoms with Crippen molar-refractivity contribution in [2.24, 2.45) is 0 Å². The Bertz CT molecular complexity index is 263. The Hall–Kier alpha value is 0.491. The smallest absolute Gasteiger partial charge is 0.230 e. The highest BCUT2D eigenvalue weighted by atomic mass is 28.4. The number of hydrogen-bond acceptors (Lipinski definition) is 4. The zero-order chi connectivity index (χ0) is 15.3. The Labute approximate surface area is 123 Å². The minimum Gasteiger partial charge on any atom is -0.391 e. The molecule has 0 aliphatic heterocycles. The minimum absolute atomic E-state index is 0.143. The van der Waals surface area contributed by atoms with Gasteiger partial charge in [-0.2, -0.15) is 0 Å². The first-order valence-corrected chi connectivity index (χ1v) is 15.1. The van der Waals surface area contributed by atoms with Crippen LogP contribution in [0, 0.1) is 0 Å². The lowest BCUT2D eigenvalue weighted by Gasteiger charge is -2.41. The molecule has 0 fully saturated rings. The van der Waals surface area contributed by atoms with Gasteiger partial charge < -0.3 is 9.53 Å². The topological polar surface area (TPSA) is 47.9 Å². The predicted octanol–water partition coefficient (Wildman–Crippen LogP) is 2.26. The monoisotopic (exact) mass is 324 g/mol. The fourth-order valence-corrected chi connectivity index (χ4v) is 4.72. The van der Waals surface area contributed by atoms with E-state index < -0.39 is 22.4 Å². The van der Waals surface area contributed by atoms with Gasteiger partial charge >= 0.3 is 0 Å². The molecule has 0 aliphatic rings. The molecule has 0 saturated heterocycles. The maximum absolute atomic E-state index is 9.86. The molecule has 19 heavy (non-hydrogen) atoms. The van der Waals surface area contributed by atoms with Crippen LogP contribution in [0.15, 0.2) is 0 Å². The fourth-order valence-electron chi connectivity index (χ4n) is 1.78. The largest absolute Gasteiger partial charge is 0.391 e. The van der Waals surface area contributed by atoms with Crippen molar-refractivity contribution < 1.29 is 19.0 Å². The van der Waals surface area contributed by atoms with E-state index in [0.29, 0.717) is 0 Å². The van der Waals surface area contributed by atoms with Crippen molar-refractivity contribution in [2.45, 2.75) is 70.4 Å². The predicted molar refractivity (Wildman–Crippen MR) is 88.4 cm³/mol. The number of aliphatic hydroxyl groups excluding tert-OH is 1. The Morgan fingerprint density at radius 3 is 1.95 bits per heavy atom. The SMILES string of the molecule is CCCC([SiH3])C(CO)(OO[Si](C)(C)C)O[Si](C)(C)C. The van der Waals surface area contributed by atoms with Crippen molar-refractivity contribution in [2.75, 3.05) is 6.61 Å². The highest BCUT2D eigenvalue weighted by Gasteiger charge is 2.43. The summed E-state index contributed by atoms with van der Waals surface area (Å²) in [6.45, 7) is 14.5. The molecule has 7 heteroatoms. The summed E-state index contributed by atoms with van der Waals surface area (Å²) in [5.41, 5.74) is 0.227. The normalized spacial score (nSPS) is 18.3. The number of rotatable bonds is 9. The van der Waals surface area contributed by atoms with Gasteiger partial charge in [0.05, 0.1) is 6.61 Å². The van der Waals surface area contributed by atoms with Gasteiger partial charge in [0.1, 0.15) is 0 Å². The summed E-state index contributed by atoms with van der Waals surface area (Å²) < 4.78 is 11.8. The minimum atomic E-state index is -1.83. The van der Waals surface area contributed by atoms with Crippen LogP contribution >= 0.6 is 0 Å². The van der Waals surface area contributed by atoms with Gasteiger partial charge in [0.25, 0.3) is 0 Å². The summed E-state index contributed by atoms with van der Waals surface area (Å²) >= 11 is 0. The van der Waals surface area contributed by atoms with Gasteiger partial charge in [-0.25, -0.2) is 4.89 Å². The molecule has 0 aromatic rings. The van der Waals surface area contributed by atoms with Crippen LogP contribution in [0.5, 0.6) is 0 Å². The first-order chi connectivity index (χ1) is 8.46. The third kappa shape index (κ3) is 7.74. The van der Waals surface area contributed by atoms with Gasteiger partial charge in [-0.05, 0) is 45.7 Å². The van der Waals surface area contributed by atoms with Crippen LogP contribution in [-0.2, 0) is 13.9 Å². The van der Waals surface area contributed by atoms with Crippen LogP contribution < -0.4 is 0 Å². The molecule has 1 N–H and O–H groups in total. The highest BCUT2D eigenvalue weighted by Crippen LogP contribution is 2.34. The van der Waals surface area contributed by atoms with Crippen LogP contribution in [0.1, 0.15) is 19.8 Å². The summed E-state index contributed by atoms with van der Waals surface area (Å²) in [5.74, 6) is -0.965. The maximum Gasteiger partial charge on any atom is 0.230 e. The zero-order valence-corrected chi connectivity index (χ0v) is 17.9. The summed E-state index contributed by atoms with van der Waals surface area (Å²) in [7, 11) is -2.73. The Kier molecular flexibility index (Phi) is 7.68. The molecular formula is C12H32O4Si3. The molecule has 2 atom stereocenters. The first-order valence-electron chi connectivity index (χ1n) is 7.13. The molecule has 0 radical (unpaired) electrons. The Morgan fingerprint density at radius 2 is 1.63 bits per heavy atom. The van der Waals surface area contributed by atoms with Crippen LogP contribution in [-0.4, -0.2) is 44.4 Å². The molecule has 116 valence electrons. The van der Waals surface area contributed by atoms with Crippen molar-refractivity contribution in [1.82, 2.24) is 0 Å².